The molecule has 4 nitrogen and oxygen atoms in total. The average molecular weight is 317 g/mol. The molecular weight excluding hydrogens is 295 g/mol. The van der Waals surface area contributed by atoms with Gasteiger partial charge in [-0.3, -0.25) is 4.99 Å². The zero-order valence-corrected chi connectivity index (χ0v) is 13.6. The highest BCUT2D eigenvalue weighted by Gasteiger charge is 2.17. The molecule has 0 aliphatic carbocycles. The average Bonchev–Trinajstić information content (AvgIpc) is 2.52. The summed E-state index contributed by atoms with van der Waals surface area (Å²) in [4.78, 5) is 5.58. The zero-order valence-electron chi connectivity index (χ0n) is 13.6. The third-order valence-electron chi connectivity index (χ3n) is 3.70. The van der Waals surface area contributed by atoms with Gasteiger partial charge in [-0.05, 0) is 30.3 Å². The Balaban J connectivity index is 2.16. The highest BCUT2D eigenvalue weighted by molar-refractivity contribution is 5.84. The lowest BCUT2D eigenvalue weighted by Gasteiger charge is -2.20. The molecule has 0 unspecified atom stereocenters. The van der Waals surface area contributed by atoms with Crippen LogP contribution in [0.2, 0.25) is 0 Å². The predicted octanol–water partition coefficient (Wildman–Crippen LogP) is 1.84. The van der Waals surface area contributed by atoms with Gasteiger partial charge in [0.1, 0.15) is 23.4 Å². The number of benzene rings is 2. The summed E-state index contributed by atoms with van der Waals surface area (Å²) in [6, 6.07) is 11.6. The van der Waals surface area contributed by atoms with Gasteiger partial charge >= 0.3 is 0 Å². The van der Waals surface area contributed by atoms with Gasteiger partial charge in [0, 0.05) is 17.3 Å². The molecule has 122 valence electrons. The Bertz CT molecular complexity index is 686. The van der Waals surface area contributed by atoms with Crippen molar-refractivity contribution in [1.29, 1.82) is 0 Å². The second-order valence-corrected chi connectivity index (χ2v) is 5.60. The number of nitrogens with zero attached hydrogens (tertiary/aromatic N) is 1. The highest BCUT2D eigenvalue weighted by atomic mass is 19.1. The van der Waals surface area contributed by atoms with Crippen molar-refractivity contribution in [3.8, 4) is 11.5 Å². The SMILES string of the molecule is COc1ccc(O)c(C=NC[C@@H](c2cccc(F)c2)[NH+](C)C)c1. The molecule has 0 radical (unpaired) electrons. The van der Waals surface area contributed by atoms with E-state index >= 15 is 0 Å². The van der Waals surface area contributed by atoms with Crippen LogP contribution in [0.15, 0.2) is 47.5 Å². The Kier molecular flexibility index (Phi) is 5.71. The van der Waals surface area contributed by atoms with E-state index in [1.165, 1.54) is 12.1 Å². The molecule has 0 fully saturated rings. The van der Waals surface area contributed by atoms with Crippen molar-refractivity contribution in [3.05, 3.63) is 59.4 Å². The summed E-state index contributed by atoms with van der Waals surface area (Å²) in [6.07, 6.45) is 1.62. The minimum atomic E-state index is -0.247. The molecule has 23 heavy (non-hydrogen) atoms. The monoisotopic (exact) mass is 317 g/mol. The van der Waals surface area contributed by atoms with Crippen molar-refractivity contribution < 1.29 is 19.1 Å². The van der Waals surface area contributed by atoms with Gasteiger partial charge < -0.3 is 14.7 Å². The Labute approximate surface area is 135 Å². The Morgan fingerprint density at radius 1 is 1.26 bits per heavy atom. The molecule has 2 rings (SSSR count). The first-order valence-electron chi connectivity index (χ1n) is 7.43. The van der Waals surface area contributed by atoms with Crippen LogP contribution in [0.25, 0.3) is 0 Å². The minimum absolute atomic E-state index is 0.0368. The van der Waals surface area contributed by atoms with Crippen LogP contribution < -0.4 is 9.64 Å². The van der Waals surface area contributed by atoms with Crippen molar-refractivity contribution in [1.82, 2.24) is 0 Å². The molecule has 0 aromatic heterocycles. The Morgan fingerprint density at radius 2 is 2.04 bits per heavy atom. The van der Waals surface area contributed by atoms with Gasteiger partial charge in [0.25, 0.3) is 0 Å². The minimum Gasteiger partial charge on any atom is -0.507 e. The lowest BCUT2D eigenvalue weighted by atomic mass is 10.1. The molecule has 5 heteroatoms. The van der Waals surface area contributed by atoms with Crippen molar-refractivity contribution in [2.24, 2.45) is 4.99 Å². The summed E-state index contributed by atoms with van der Waals surface area (Å²) in [5.41, 5.74) is 1.49. The van der Waals surface area contributed by atoms with E-state index in [-0.39, 0.29) is 17.6 Å². The number of hydrogen-bond donors (Lipinski definition) is 2. The standard InChI is InChI=1S/C18H21FN2O2/c1-21(2)17(13-5-4-6-15(19)9-13)12-20-11-14-10-16(23-3)7-8-18(14)22/h4-11,17,22H,12H2,1-3H3/p+1/t17-/m0/s1. The van der Waals surface area contributed by atoms with Gasteiger partial charge in [-0.1, -0.05) is 12.1 Å². The van der Waals surface area contributed by atoms with Crippen LogP contribution in [0.4, 0.5) is 4.39 Å². The van der Waals surface area contributed by atoms with Crippen molar-refractivity contribution in [3.63, 3.8) is 0 Å². The fraction of sp³-hybridized carbons (Fsp3) is 0.278. The number of hydrogen-bond acceptors (Lipinski definition) is 3. The predicted molar refractivity (Wildman–Crippen MR) is 89.1 cm³/mol. The molecule has 0 amide bonds. The molecule has 0 aliphatic heterocycles. The largest absolute Gasteiger partial charge is 0.507 e. The van der Waals surface area contributed by atoms with Crippen LogP contribution >= 0.6 is 0 Å². The number of phenolic OH excluding ortho intramolecular Hbond substituents is 1. The van der Waals surface area contributed by atoms with Crippen molar-refractivity contribution >= 4 is 6.21 Å². The van der Waals surface area contributed by atoms with Crippen LogP contribution in [-0.2, 0) is 0 Å². The lowest BCUT2D eigenvalue weighted by Crippen LogP contribution is -3.06. The summed E-state index contributed by atoms with van der Waals surface area (Å²) >= 11 is 0. The lowest BCUT2D eigenvalue weighted by molar-refractivity contribution is -0.890. The molecule has 0 saturated carbocycles. The summed E-state index contributed by atoms with van der Waals surface area (Å²) in [7, 11) is 5.59. The third kappa shape index (κ3) is 4.53. The van der Waals surface area contributed by atoms with E-state index in [1.54, 1.807) is 37.6 Å². The van der Waals surface area contributed by atoms with Gasteiger partial charge in [0.05, 0.1) is 27.7 Å². The fourth-order valence-electron chi connectivity index (χ4n) is 2.36. The van der Waals surface area contributed by atoms with Gasteiger partial charge in [-0.2, -0.15) is 0 Å². The number of halogens is 1. The number of quaternary nitrogens is 1. The number of aliphatic imine (C=N–C) groups is 1. The van der Waals surface area contributed by atoms with Gasteiger partial charge in [-0.25, -0.2) is 4.39 Å². The summed E-state index contributed by atoms with van der Waals surface area (Å²) in [5.74, 6) is 0.557. The van der Waals surface area contributed by atoms with Gasteiger partial charge in [0.15, 0.2) is 0 Å². The van der Waals surface area contributed by atoms with E-state index in [2.05, 4.69) is 4.99 Å². The second-order valence-electron chi connectivity index (χ2n) is 5.60. The number of aromatic hydroxyl groups is 1. The molecular formula is C18H22FN2O2+. The van der Waals surface area contributed by atoms with E-state index in [4.69, 9.17) is 4.74 Å². The van der Waals surface area contributed by atoms with Crippen LogP contribution in [0.3, 0.4) is 0 Å². The first kappa shape index (κ1) is 17.0. The Morgan fingerprint density at radius 3 is 2.70 bits per heavy atom. The highest BCUT2D eigenvalue weighted by Crippen LogP contribution is 2.21. The molecule has 2 aromatic rings. The van der Waals surface area contributed by atoms with Crippen molar-refractivity contribution in [2.75, 3.05) is 27.7 Å². The van der Waals surface area contributed by atoms with Crippen LogP contribution in [0.5, 0.6) is 11.5 Å². The van der Waals surface area contributed by atoms with E-state index in [1.807, 2.05) is 20.2 Å². The van der Waals surface area contributed by atoms with Crippen LogP contribution in [0.1, 0.15) is 17.2 Å². The maximum absolute atomic E-state index is 13.4. The van der Waals surface area contributed by atoms with Crippen LogP contribution in [-0.4, -0.2) is 39.1 Å². The first-order valence-corrected chi connectivity index (χ1v) is 7.43. The Hall–Kier alpha value is -2.40. The molecule has 0 aliphatic rings. The number of likely N-dealkylation sites (N-methyl/N-ethyl adjacent to an activating group) is 1. The third-order valence-corrected chi connectivity index (χ3v) is 3.70. The topological polar surface area (TPSA) is 46.3 Å². The normalized spacial score (nSPS) is 12.7. The van der Waals surface area contributed by atoms with Gasteiger partial charge in [0.2, 0.25) is 0 Å². The second kappa shape index (κ2) is 7.74. The van der Waals surface area contributed by atoms with E-state index in [0.717, 1.165) is 10.5 Å². The number of ether oxygens (including phenoxy) is 1. The zero-order chi connectivity index (χ0) is 16.8. The molecule has 0 heterocycles. The molecule has 2 N–H and O–H groups in total. The summed E-state index contributed by atoms with van der Waals surface area (Å²) in [6.45, 7) is 0.489. The molecule has 0 spiro atoms. The van der Waals surface area contributed by atoms with E-state index < -0.39 is 0 Å². The molecule has 1 atom stereocenters. The summed E-state index contributed by atoms with van der Waals surface area (Å²) in [5, 5.41) is 9.86. The first-order chi connectivity index (χ1) is 11.0. The maximum atomic E-state index is 13.4. The van der Waals surface area contributed by atoms with Crippen molar-refractivity contribution in [2.45, 2.75) is 6.04 Å². The number of phenols is 1. The quantitative estimate of drug-likeness (QED) is 0.799. The van der Waals surface area contributed by atoms with E-state index in [0.29, 0.717) is 17.9 Å². The molecule has 0 saturated heterocycles. The van der Waals surface area contributed by atoms with Gasteiger partial charge in [-0.15, -0.1) is 0 Å². The van der Waals surface area contributed by atoms with Crippen LogP contribution in [0, 0.1) is 5.82 Å². The fourth-order valence-corrected chi connectivity index (χ4v) is 2.36. The number of rotatable bonds is 6. The van der Waals surface area contributed by atoms with E-state index in [9.17, 15) is 9.50 Å². The number of methoxy groups -OCH3 is 1. The smallest absolute Gasteiger partial charge is 0.133 e. The number of nitrogens with one attached hydrogen (secondary N) is 1. The summed E-state index contributed by atoms with van der Waals surface area (Å²) < 4.78 is 18.6. The molecule has 0 bridgehead atoms. The maximum Gasteiger partial charge on any atom is 0.133 e. The molecule has 2 aromatic carbocycles.